The van der Waals surface area contributed by atoms with Crippen molar-refractivity contribution in [2.45, 2.75) is 68.6 Å². The number of ether oxygens (including phenoxy) is 4. The van der Waals surface area contributed by atoms with Crippen LogP contribution in [0.15, 0.2) is 58.3 Å². The van der Waals surface area contributed by atoms with Gasteiger partial charge in [-0.2, -0.15) is 135 Å². The van der Waals surface area contributed by atoms with Crippen LogP contribution in [0.5, 0.6) is 0 Å². The monoisotopic (exact) mass is 1600 g/mol. The molecule has 80 heavy (non-hydrogen) atoms. The number of hydrogen-bond acceptors (Lipinski definition) is 23. The maximum absolute atomic E-state index is 12.1. The van der Waals surface area contributed by atoms with Crippen LogP contribution in [0.25, 0.3) is 0 Å². The Hall–Kier alpha value is 5.06. The molecule has 0 unspecified atom stereocenters. The number of carbonyl (C=O) groups is 1. The van der Waals surface area contributed by atoms with Gasteiger partial charge in [0.2, 0.25) is 0 Å². The predicted octanol–water partition coefficient (Wildman–Crippen LogP) is 8.25. The van der Waals surface area contributed by atoms with Gasteiger partial charge in [0.25, 0.3) is 26.7 Å². The number of hydrogen-bond donors (Lipinski definition) is 1. The molecule has 0 bridgehead atoms. The number of aryl methyl sites for hydroxylation is 2. The minimum absolute atomic E-state index is 0. The number of thioether (sulfide) groups is 9. The summed E-state index contributed by atoms with van der Waals surface area (Å²) in [7, 11) is -8.38. The number of thiol groups is 1. The van der Waals surface area contributed by atoms with Crippen molar-refractivity contribution >= 4 is 214 Å². The molecular formula is C52H94Cs2FO13S12. The first-order chi connectivity index (χ1) is 38.4. The fourth-order valence-corrected chi connectivity index (χ4v) is 14.5. The third-order valence-electron chi connectivity index (χ3n) is 9.17. The smallest absolute Gasteiger partial charge is 0.662 e. The summed E-state index contributed by atoms with van der Waals surface area (Å²) in [5.41, 5.74) is 2.00. The van der Waals surface area contributed by atoms with E-state index in [0.29, 0.717) is 39.3 Å². The molecule has 13 nitrogen and oxygen atoms in total. The van der Waals surface area contributed by atoms with Crippen molar-refractivity contribution in [1.29, 1.82) is 0 Å². The van der Waals surface area contributed by atoms with Crippen LogP contribution in [0, 0.1) is 13.8 Å². The molecule has 0 N–H and O–H groups in total. The van der Waals surface area contributed by atoms with E-state index in [2.05, 4.69) is 59.8 Å². The van der Waals surface area contributed by atoms with Gasteiger partial charge in [0.05, 0.1) is 84.4 Å². The van der Waals surface area contributed by atoms with E-state index in [1.807, 2.05) is 72.7 Å². The molecule has 0 aliphatic rings. The Bertz CT molecular complexity index is 1650. The zero-order valence-electron chi connectivity index (χ0n) is 49.9. The Kier molecular flexibility index (Phi) is 87.5. The van der Waals surface area contributed by atoms with Crippen LogP contribution in [0.2, 0.25) is 0 Å². The number of benzene rings is 2. The van der Waals surface area contributed by atoms with Crippen LogP contribution in [0.4, 0.5) is 4.39 Å². The molecule has 2 rings (SSSR count). The van der Waals surface area contributed by atoms with Crippen molar-refractivity contribution in [2.75, 3.05) is 184 Å². The molecule has 2 aromatic rings. The Morgan fingerprint density at radius 1 is 0.475 bits per heavy atom. The van der Waals surface area contributed by atoms with E-state index < -0.39 is 27.4 Å². The van der Waals surface area contributed by atoms with Crippen molar-refractivity contribution in [3.63, 3.8) is 0 Å². The molecule has 0 amide bonds. The Morgan fingerprint density at radius 3 is 0.975 bits per heavy atom. The zero-order chi connectivity index (χ0) is 59.0. The summed E-state index contributed by atoms with van der Waals surface area (Å²) in [4.78, 5) is 11.6. The topological polar surface area (TPSA) is 173 Å². The standard InChI is InChI=1S/C26H38O8S4.C20H42O2S6.C4H10S2.CH3F.CH2O3.2Cs/c1-23-5-9-25(10-6-23)37(27,28)33-13-3-19-35-21-17-31-15-16-32-18-22-36-20-4-14-34-38(29,30)26-11-7-24(2)8-12-26;1-23-11-3-13-25-15-5-17-27-19-9-21-7-8-22-10-20-28-18-6-16-26-14-4-12-24-2;1-6-4-2-3-5;1-2;2-1-4-3;;/h5-12H,3-4,13-22H2,1-2H3;3-20H2,1-2H3;5H,2-4H2,1H3;1H3;1,3H;;/q;;;;;;+1/p-1/i;;;1D;;;. The van der Waals surface area contributed by atoms with Gasteiger partial charge in [-0.1, -0.05) is 35.4 Å². The predicted molar refractivity (Wildman–Crippen MR) is 357 cm³/mol. The molecule has 0 aliphatic carbocycles. The Morgan fingerprint density at radius 2 is 0.725 bits per heavy atom. The van der Waals surface area contributed by atoms with Gasteiger partial charge in [-0.3, -0.25) is 17.6 Å². The SMILES string of the molecule is CSCCCS.CSCCCSCCCSCCOCCOCCSCCCSCCCSC.Cc1ccc(S(=O)(=O)OCCCSCCOCCOCCSCCCOS(=O)(=O)c2ccc(C)cc2)cc1.O=CO[O-].[2H]CF.[Cs+].[Cs]. The molecule has 0 aromatic heterocycles. The first-order valence-electron chi connectivity index (χ1n) is 26.4. The van der Waals surface area contributed by atoms with Crippen molar-refractivity contribution < 1.29 is 134 Å². The van der Waals surface area contributed by atoms with Gasteiger partial charge >= 0.3 is 68.9 Å². The molecule has 2 aromatic carbocycles. The third-order valence-corrected chi connectivity index (χ3v) is 20.7. The molecule has 0 heterocycles. The van der Waals surface area contributed by atoms with Gasteiger partial charge in [-0.05, 0) is 171 Å². The van der Waals surface area contributed by atoms with Crippen LogP contribution in [-0.2, 0) is 57.2 Å². The van der Waals surface area contributed by atoms with Gasteiger partial charge in [-0.25, -0.2) is 0 Å². The molecular weight excluding hydrogens is 1500 g/mol. The fraction of sp³-hybridized carbons (Fsp3) is 0.750. The van der Waals surface area contributed by atoms with Crippen LogP contribution >= 0.6 is 118 Å². The molecule has 0 saturated carbocycles. The van der Waals surface area contributed by atoms with Crippen LogP contribution in [-0.4, -0.2) is 276 Å². The molecule has 0 atom stereocenters. The molecule has 0 aliphatic heterocycles. The van der Waals surface area contributed by atoms with Crippen LogP contribution in [0.1, 0.15) is 57.4 Å². The van der Waals surface area contributed by atoms with Crippen molar-refractivity contribution in [2.24, 2.45) is 0 Å². The summed E-state index contributed by atoms with van der Waals surface area (Å²) in [6.45, 7) is 9.40. The van der Waals surface area contributed by atoms with E-state index in [9.17, 15) is 21.2 Å². The normalized spacial score (nSPS) is 10.9. The summed E-state index contributed by atoms with van der Waals surface area (Å²) in [5, 5.41) is 8.43. The second-order valence-corrected chi connectivity index (χ2v) is 29.7. The number of halogens is 1. The molecule has 0 fully saturated rings. The summed E-state index contributed by atoms with van der Waals surface area (Å²) >= 11 is 21.5. The molecule has 461 valence electrons. The van der Waals surface area contributed by atoms with Crippen molar-refractivity contribution in [1.82, 2.24) is 0 Å². The Labute approximate surface area is 648 Å². The van der Waals surface area contributed by atoms with Gasteiger partial charge in [-0.15, -0.1) is 0 Å². The second kappa shape index (κ2) is 76.5. The number of alkyl halides is 1. The van der Waals surface area contributed by atoms with Crippen molar-refractivity contribution in [3.05, 3.63) is 59.7 Å². The number of carbonyl (C=O) groups excluding carboxylic acids is 1. The van der Waals surface area contributed by atoms with Crippen LogP contribution < -0.4 is 74.2 Å². The minimum Gasteiger partial charge on any atom is -0.662 e. The van der Waals surface area contributed by atoms with E-state index in [4.69, 9.17) is 38.7 Å². The first-order valence-corrected chi connectivity index (χ1v) is 40.3. The fourth-order valence-electron chi connectivity index (χ4n) is 5.28. The molecule has 0 saturated heterocycles. The maximum atomic E-state index is 12.1. The molecule has 0 spiro atoms. The Balaban J connectivity index is -0.000000392. The van der Waals surface area contributed by atoms with E-state index in [1.54, 1.807) is 72.1 Å². The van der Waals surface area contributed by atoms with E-state index >= 15 is 0 Å². The van der Waals surface area contributed by atoms with Gasteiger partial charge in [0.1, 0.15) is 0 Å². The summed E-state index contributed by atoms with van der Waals surface area (Å²) in [6, 6.07) is 13.2. The largest absolute Gasteiger partial charge is 1.00 e. The number of rotatable bonds is 50. The quantitative estimate of drug-likeness (QED) is 0.0167. The van der Waals surface area contributed by atoms with Crippen molar-refractivity contribution in [3.8, 4) is 0 Å². The average Bonchev–Trinajstić information content (AvgIpc) is 3.44. The van der Waals surface area contributed by atoms with E-state index in [1.165, 1.54) is 83.9 Å². The zero-order valence-corrected chi connectivity index (χ0v) is 71.3. The summed E-state index contributed by atoms with van der Waals surface area (Å²) < 4.78 is 96.5. The van der Waals surface area contributed by atoms with Gasteiger partial charge in [0.15, 0.2) is 0 Å². The van der Waals surface area contributed by atoms with Gasteiger partial charge in [0, 0.05) is 91.9 Å². The van der Waals surface area contributed by atoms with Crippen LogP contribution in [0.3, 0.4) is 0 Å². The third kappa shape index (κ3) is 70.5. The van der Waals surface area contributed by atoms with E-state index in [-0.39, 0.29) is 167 Å². The minimum atomic E-state index is -3.69. The maximum Gasteiger partial charge on any atom is 1.00 e. The molecule has 28 heteroatoms. The molecule has 1 radical (unpaired) electrons. The second-order valence-electron chi connectivity index (χ2n) is 15.7. The van der Waals surface area contributed by atoms with Gasteiger partial charge < -0.3 is 29.1 Å². The first kappa shape index (κ1) is 91.5. The summed E-state index contributed by atoms with van der Waals surface area (Å²) in [6.07, 6.45) is 14.4. The van der Waals surface area contributed by atoms with E-state index in [0.717, 1.165) is 77.8 Å². The average molecular weight is 1600 g/mol. The summed E-state index contributed by atoms with van der Waals surface area (Å²) in [5.74, 6) is 18.2.